The van der Waals surface area contributed by atoms with Crippen molar-refractivity contribution in [2.45, 2.75) is 18.9 Å². The summed E-state index contributed by atoms with van der Waals surface area (Å²) in [5.74, 6) is -2.29. The number of halogens is 2. The van der Waals surface area contributed by atoms with Gasteiger partial charge in [0.05, 0.1) is 5.56 Å². The van der Waals surface area contributed by atoms with Gasteiger partial charge < -0.3 is 10.2 Å². The van der Waals surface area contributed by atoms with E-state index in [9.17, 15) is 23.2 Å². The number of amides is 2. The van der Waals surface area contributed by atoms with Crippen LogP contribution >= 0.6 is 0 Å². The number of nitrogens with one attached hydrogen (secondary N) is 1. The zero-order valence-electron chi connectivity index (χ0n) is 14.5. The van der Waals surface area contributed by atoms with E-state index in [2.05, 4.69) is 5.32 Å². The Bertz CT molecular complexity index is 868. The van der Waals surface area contributed by atoms with E-state index in [1.165, 1.54) is 47.4 Å². The molecule has 1 heterocycles. The summed E-state index contributed by atoms with van der Waals surface area (Å²) in [5.41, 5.74) is 0.430. The highest BCUT2D eigenvalue weighted by atomic mass is 19.1. The number of ketones is 1. The molecule has 140 valence electrons. The predicted molar refractivity (Wildman–Crippen MR) is 93.8 cm³/mol. The summed E-state index contributed by atoms with van der Waals surface area (Å²) >= 11 is 0. The quantitative estimate of drug-likeness (QED) is 0.821. The van der Waals surface area contributed by atoms with E-state index < -0.39 is 23.5 Å². The van der Waals surface area contributed by atoms with Crippen LogP contribution in [0.3, 0.4) is 0 Å². The molecule has 0 aromatic heterocycles. The molecule has 3 rings (SSSR count). The summed E-state index contributed by atoms with van der Waals surface area (Å²) in [7, 11) is 0. The molecule has 1 aliphatic heterocycles. The number of benzene rings is 2. The lowest BCUT2D eigenvalue weighted by Crippen LogP contribution is -2.52. The van der Waals surface area contributed by atoms with Crippen molar-refractivity contribution in [2.75, 3.05) is 13.1 Å². The first-order valence-electron chi connectivity index (χ1n) is 8.58. The molecule has 0 aliphatic carbocycles. The van der Waals surface area contributed by atoms with Gasteiger partial charge in [0.1, 0.15) is 17.7 Å². The zero-order chi connectivity index (χ0) is 19.4. The lowest BCUT2D eigenvalue weighted by molar-refractivity contribution is -0.143. The molecule has 1 saturated heterocycles. The second-order valence-electron chi connectivity index (χ2n) is 6.24. The number of nitrogens with zero attached hydrogens (tertiary/aromatic N) is 1. The van der Waals surface area contributed by atoms with Crippen molar-refractivity contribution >= 4 is 17.6 Å². The third kappa shape index (κ3) is 4.19. The normalized spacial score (nSPS) is 16.7. The summed E-state index contributed by atoms with van der Waals surface area (Å²) in [6.45, 7) is 0.573. The SMILES string of the molecule is O=C(CCC(=O)N1CCNC(=O)C1c1ccc(F)cc1)c1ccccc1F. The summed E-state index contributed by atoms with van der Waals surface area (Å²) in [5, 5.41) is 2.69. The molecule has 27 heavy (non-hydrogen) atoms. The molecule has 0 bridgehead atoms. The minimum atomic E-state index is -0.879. The molecular weight excluding hydrogens is 354 g/mol. The summed E-state index contributed by atoms with van der Waals surface area (Å²) in [6, 6.07) is 10.1. The Hall–Kier alpha value is -3.09. The van der Waals surface area contributed by atoms with Crippen LogP contribution in [0.5, 0.6) is 0 Å². The highest BCUT2D eigenvalue weighted by Crippen LogP contribution is 2.25. The molecular formula is C20H18F2N2O3. The lowest BCUT2D eigenvalue weighted by Gasteiger charge is -2.35. The lowest BCUT2D eigenvalue weighted by atomic mass is 10.0. The minimum Gasteiger partial charge on any atom is -0.352 e. The van der Waals surface area contributed by atoms with Crippen molar-refractivity contribution in [3.05, 3.63) is 71.3 Å². The highest BCUT2D eigenvalue weighted by molar-refractivity contribution is 5.98. The van der Waals surface area contributed by atoms with Crippen LogP contribution in [-0.2, 0) is 9.59 Å². The number of carbonyl (C=O) groups excluding carboxylic acids is 3. The summed E-state index contributed by atoms with van der Waals surface area (Å²) in [6.07, 6.45) is -0.299. The van der Waals surface area contributed by atoms with Gasteiger partial charge >= 0.3 is 0 Å². The van der Waals surface area contributed by atoms with E-state index in [0.29, 0.717) is 12.1 Å². The molecule has 2 aromatic carbocycles. The maximum Gasteiger partial charge on any atom is 0.247 e. The van der Waals surface area contributed by atoms with Gasteiger partial charge in [0.15, 0.2) is 5.78 Å². The molecule has 7 heteroatoms. The Morgan fingerprint density at radius 2 is 1.74 bits per heavy atom. The molecule has 1 fully saturated rings. The molecule has 1 N–H and O–H groups in total. The summed E-state index contributed by atoms with van der Waals surface area (Å²) < 4.78 is 26.8. The van der Waals surface area contributed by atoms with Gasteiger partial charge in [-0.05, 0) is 29.8 Å². The summed E-state index contributed by atoms with van der Waals surface area (Å²) in [4.78, 5) is 38.5. The third-order valence-electron chi connectivity index (χ3n) is 4.46. The second-order valence-corrected chi connectivity index (χ2v) is 6.24. The number of carbonyl (C=O) groups is 3. The molecule has 0 spiro atoms. The molecule has 2 aromatic rings. The van der Waals surface area contributed by atoms with Gasteiger partial charge in [0.25, 0.3) is 0 Å². The van der Waals surface area contributed by atoms with Crippen LogP contribution in [-0.4, -0.2) is 35.6 Å². The topological polar surface area (TPSA) is 66.5 Å². The molecule has 5 nitrogen and oxygen atoms in total. The van der Waals surface area contributed by atoms with Gasteiger partial charge in [-0.15, -0.1) is 0 Å². The first kappa shape index (κ1) is 18.7. The zero-order valence-corrected chi connectivity index (χ0v) is 14.5. The average molecular weight is 372 g/mol. The van der Waals surface area contributed by atoms with Crippen LogP contribution < -0.4 is 5.32 Å². The van der Waals surface area contributed by atoms with Gasteiger partial charge in [0.2, 0.25) is 11.8 Å². The van der Waals surface area contributed by atoms with Gasteiger partial charge in [-0.1, -0.05) is 24.3 Å². The van der Waals surface area contributed by atoms with E-state index in [-0.39, 0.29) is 36.8 Å². The fourth-order valence-electron chi connectivity index (χ4n) is 3.10. The fraction of sp³-hybridized carbons (Fsp3) is 0.250. The number of hydrogen-bond acceptors (Lipinski definition) is 3. The highest BCUT2D eigenvalue weighted by Gasteiger charge is 2.34. The molecule has 0 radical (unpaired) electrons. The molecule has 0 saturated carbocycles. The number of Topliss-reactive ketones (excluding diaryl/α,β-unsaturated/α-hetero) is 1. The largest absolute Gasteiger partial charge is 0.352 e. The minimum absolute atomic E-state index is 0.0585. The molecule has 1 atom stereocenters. The van der Waals surface area contributed by atoms with Crippen molar-refractivity contribution in [1.82, 2.24) is 10.2 Å². The van der Waals surface area contributed by atoms with Crippen LogP contribution in [0.15, 0.2) is 48.5 Å². The van der Waals surface area contributed by atoms with Crippen molar-refractivity contribution in [3.63, 3.8) is 0 Å². The van der Waals surface area contributed by atoms with Crippen LogP contribution in [0.1, 0.15) is 34.8 Å². The first-order valence-corrected chi connectivity index (χ1v) is 8.58. The van der Waals surface area contributed by atoms with E-state index in [0.717, 1.165) is 0 Å². The van der Waals surface area contributed by atoms with E-state index in [4.69, 9.17) is 0 Å². The number of hydrogen-bond donors (Lipinski definition) is 1. The first-order chi connectivity index (χ1) is 13.0. The molecule has 2 amide bonds. The monoisotopic (exact) mass is 372 g/mol. The van der Waals surface area contributed by atoms with Crippen LogP contribution in [0.25, 0.3) is 0 Å². The van der Waals surface area contributed by atoms with Gasteiger partial charge in [0, 0.05) is 25.9 Å². The van der Waals surface area contributed by atoms with Crippen LogP contribution in [0.4, 0.5) is 8.78 Å². The predicted octanol–water partition coefficient (Wildman–Crippen LogP) is 2.63. The van der Waals surface area contributed by atoms with Gasteiger partial charge in [-0.25, -0.2) is 8.78 Å². The van der Waals surface area contributed by atoms with E-state index in [1.54, 1.807) is 6.07 Å². The van der Waals surface area contributed by atoms with Crippen LogP contribution in [0.2, 0.25) is 0 Å². The Kier molecular flexibility index (Phi) is 5.59. The Balaban J connectivity index is 1.72. The standard InChI is InChI=1S/C20H18F2N2O3/c21-14-7-5-13(6-8-14)19-20(27)23-11-12-24(19)18(26)10-9-17(25)15-3-1-2-4-16(15)22/h1-8,19H,9-12H2,(H,23,27). The van der Waals surface area contributed by atoms with Crippen molar-refractivity contribution in [2.24, 2.45) is 0 Å². The maximum absolute atomic E-state index is 13.7. The fourth-order valence-corrected chi connectivity index (χ4v) is 3.10. The van der Waals surface area contributed by atoms with Crippen molar-refractivity contribution in [1.29, 1.82) is 0 Å². The number of piperazine rings is 1. The Morgan fingerprint density at radius 3 is 2.44 bits per heavy atom. The third-order valence-corrected chi connectivity index (χ3v) is 4.46. The van der Waals surface area contributed by atoms with Crippen LogP contribution in [0, 0.1) is 11.6 Å². The Morgan fingerprint density at radius 1 is 1.04 bits per heavy atom. The second kappa shape index (κ2) is 8.07. The average Bonchev–Trinajstić information content (AvgIpc) is 2.67. The van der Waals surface area contributed by atoms with Crippen molar-refractivity contribution in [3.8, 4) is 0 Å². The Labute approximate surface area is 155 Å². The molecule has 1 aliphatic rings. The smallest absolute Gasteiger partial charge is 0.247 e. The van der Waals surface area contributed by atoms with E-state index in [1.807, 2.05) is 0 Å². The molecule has 1 unspecified atom stereocenters. The van der Waals surface area contributed by atoms with E-state index >= 15 is 0 Å². The van der Waals surface area contributed by atoms with Crippen molar-refractivity contribution < 1.29 is 23.2 Å². The number of rotatable bonds is 5. The van der Waals surface area contributed by atoms with Gasteiger partial charge in [-0.3, -0.25) is 14.4 Å². The van der Waals surface area contributed by atoms with Gasteiger partial charge in [-0.2, -0.15) is 0 Å². The maximum atomic E-state index is 13.7.